The molecule has 0 radical (unpaired) electrons. The highest BCUT2D eigenvalue weighted by molar-refractivity contribution is 5.43. The summed E-state index contributed by atoms with van der Waals surface area (Å²) in [7, 11) is 1.47. The van der Waals surface area contributed by atoms with Crippen LogP contribution in [-0.4, -0.2) is 31.5 Å². The van der Waals surface area contributed by atoms with E-state index in [2.05, 4.69) is 5.32 Å². The molecule has 1 rings (SSSR count). The number of halogens is 2. The molecule has 0 saturated heterocycles. The molecule has 0 spiro atoms. The van der Waals surface area contributed by atoms with Crippen molar-refractivity contribution in [1.82, 2.24) is 0 Å². The van der Waals surface area contributed by atoms with Crippen LogP contribution >= 0.6 is 0 Å². The lowest BCUT2D eigenvalue weighted by Gasteiger charge is -2.11. The van der Waals surface area contributed by atoms with E-state index >= 15 is 0 Å². The van der Waals surface area contributed by atoms with E-state index in [1.165, 1.54) is 13.2 Å². The fourth-order valence-electron chi connectivity index (χ4n) is 1.09. The van der Waals surface area contributed by atoms with Crippen molar-refractivity contribution < 1.29 is 18.6 Å². The summed E-state index contributed by atoms with van der Waals surface area (Å²) in [6.07, 6.45) is -0.678. The van der Waals surface area contributed by atoms with E-state index in [0.717, 1.165) is 12.1 Å². The average Bonchev–Trinajstić information content (AvgIpc) is 2.20. The monoisotopic (exact) mass is 217 g/mol. The Bertz CT molecular complexity index is 320. The van der Waals surface area contributed by atoms with Gasteiger partial charge in [0, 0.05) is 25.4 Å². The van der Waals surface area contributed by atoms with E-state index in [0.29, 0.717) is 5.69 Å². The van der Waals surface area contributed by atoms with Crippen molar-refractivity contribution in [2.75, 3.05) is 25.6 Å². The second-order valence-electron chi connectivity index (χ2n) is 3.12. The minimum Gasteiger partial charge on any atom is -0.389 e. The van der Waals surface area contributed by atoms with Gasteiger partial charge in [-0.1, -0.05) is 0 Å². The second kappa shape index (κ2) is 5.63. The quantitative estimate of drug-likeness (QED) is 0.783. The number of anilines is 1. The summed E-state index contributed by atoms with van der Waals surface area (Å²) >= 11 is 0. The Hall–Kier alpha value is -1.20. The molecule has 1 unspecified atom stereocenters. The molecule has 0 bridgehead atoms. The molecule has 5 heteroatoms. The molecule has 0 aliphatic carbocycles. The Kier molecular flexibility index (Phi) is 4.45. The third-order valence-corrected chi connectivity index (χ3v) is 1.82. The summed E-state index contributed by atoms with van der Waals surface area (Å²) < 4.78 is 30.0. The summed E-state index contributed by atoms with van der Waals surface area (Å²) in [5.74, 6) is -1.81. The van der Waals surface area contributed by atoms with Crippen molar-refractivity contribution in [2.45, 2.75) is 6.10 Å². The van der Waals surface area contributed by atoms with Gasteiger partial charge >= 0.3 is 0 Å². The van der Waals surface area contributed by atoms with Crippen LogP contribution in [0.4, 0.5) is 14.5 Å². The maximum Gasteiger partial charge on any atom is 0.160 e. The Balaban J connectivity index is 2.47. The van der Waals surface area contributed by atoms with Gasteiger partial charge in [0.25, 0.3) is 0 Å². The van der Waals surface area contributed by atoms with Crippen LogP contribution in [0.3, 0.4) is 0 Å². The highest BCUT2D eigenvalue weighted by Gasteiger charge is 2.05. The van der Waals surface area contributed by atoms with E-state index in [9.17, 15) is 13.9 Å². The number of aliphatic hydroxyl groups excluding tert-OH is 1. The molecule has 1 atom stereocenters. The van der Waals surface area contributed by atoms with Gasteiger partial charge in [0.05, 0.1) is 12.7 Å². The summed E-state index contributed by atoms with van der Waals surface area (Å²) in [5.41, 5.74) is 0.420. The zero-order valence-electron chi connectivity index (χ0n) is 8.34. The van der Waals surface area contributed by atoms with E-state index < -0.39 is 17.7 Å². The number of aliphatic hydroxyl groups is 1. The van der Waals surface area contributed by atoms with E-state index in [-0.39, 0.29) is 13.2 Å². The molecule has 0 heterocycles. The van der Waals surface area contributed by atoms with Crippen LogP contribution in [0.25, 0.3) is 0 Å². The number of hydrogen-bond acceptors (Lipinski definition) is 3. The molecule has 84 valence electrons. The molecule has 0 aliphatic rings. The van der Waals surface area contributed by atoms with Crippen molar-refractivity contribution in [3.05, 3.63) is 29.8 Å². The standard InChI is InChI=1S/C10H13F2NO2/c1-15-6-8(14)5-13-7-2-3-9(11)10(12)4-7/h2-4,8,13-14H,5-6H2,1H3. The second-order valence-corrected chi connectivity index (χ2v) is 3.12. The fraction of sp³-hybridized carbons (Fsp3) is 0.400. The topological polar surface area (TPSA) is 41.5 Å². The van der Waals surface area contributed by atoms with Gasteiger partial charge in [0.1, 0.15) is 0 Å². The number of benzene rings is 1. The first-order chi connectivity index (χ1) is 7.13. The molecule has 1 aromatic carbocycles. The molecular weight excluding hydrogens is 204 g/mol. The smallest absolute Gasteiger partial charge is 0.160 e. The van der Waals surface area contributed by atoms with E-state index in [1.807, 2.05) is 0 Å². The van der Waals surface area contributed by atoms with Crippen LogP contribution in [0, 0.1) is 11.6 Å². The van der Waals surface area contributed by atoms with Gasteiger partial charge < -0.3 is 15.2 Å². The van der Waals surface area contributed by atoms with Crippen LogP contribution < -0.4 is 5.32 Å². The molecular formula is C10H13F2NO2. The van der Waals surface area contributed by atoms with Gasteiger partial charge in [-0.2, -0.15) is 0 Å². The largest absolute Gasteiger partial charge is 0.389 e. The highest BCUT2D eigenvalue weighted by atomic mass is 19.2. The SMILES string of the molecule is COCC(O)CNc1ccc(F)c(F)c1. The predicted molar refractivity (Wildman–Crippen MR) is 52.7 cm³/mol. The lowest BCUT2D eigenvalue weighted by Crippen LogP contribution is -2.24. The molecule has 1 aromatic rings. The number of ether oxygens (including phenoxy) is 1. The first kappa shape index (κ1) is 11.9. The molecule has 0 saturated carbocycles. The van der Waals surface area contributed by atoms with Crippen LogP contribution in [0.2, 0.25) is 0 Å². The van der Waals surface area contributed by atoms with Crippen molar-refractivity contribution in [3.63, 3.8) is 0 Å². The Morgan fingerprint density at radius 1 is 1.40 bits per heavy atom. The minimum atomic E-state index is -0.916. The maximum atomic E-state index is 12.7. The van der Waals surface area contributed by atoms with Crippen molar-refractivity contribution in [2.24, 2.45) is 0 Å². The zero-order chi connectivity index (χ0) is 11.3. The van der Waals surface area contributed by atoms with Crippen molar-refractivity contribution in [3.8, 4) is 0 Å². The normalized spacial score (nSPS) is 12.5. The summed E-state index contributed by atoms with van der Waals surface area (Å²) in [4.78, 5) is 0. The fourth-order valence-corrected chi connectivity index (χ4v) is 1.09. The number of hydrogen-bond donors (Lipinski definition) is 2. The predicted octanol–water partition coefficient (Wildman–Crippen LogP) is 1.38. The van der Waals surface area contributed by atoms with Crippen molar-refractivity contribution >= 4 is 5.69 Å². The summed E-state index contributed by atoms with van der Waals surface area (Å²) in [5, 5.41) is 12.0. The molecule has 0 fully saturated rings. The maximum absolute atomic E-state index is 12.7. The van der Waals surface area contributed by atoms with Crippen LogP contribution in [0.5, 0.6) is 0 Å². The Morgan fingerprint density at radius 2 is 2.13 bits per heavy atom. The van der Waals surface area contributed by atoms with Gasteiger partial charge in [-0.25, -0.2) is 8.78 Å². The Labute approximate surface area is 86.7 Å². The van der Waals surface area contributed by atoms with E-state index in [4.69, 9.17) is 4.74 Å². The number of rotatable bonds is 5. The first-order valence-corrected chi connectivity index (χ1v) is 4.49. The average molecular weight is 217 g/mol. The van der Waals surface area contributed by atoms with Gasteiger partial charge in [-0.15, -0.1) is 0 Å². The molecule has 2 N–H and O–H groups in total. The molecule has 15 heavy (non-hydrogen) atoms. The van der Waals surface area contributed by atoms with Crippen molar-refractivity contribution in [1.29, 1.82) is 0 Å². The molecule has 0 amide bonds. The third kappa shape index (κ3) is 3.81. The summed E-state index contributed by atoms with van der Waals surface area (Å²) in [6.45, 7) is 0.412. The molecule has 0 aliphatic heterocycles. The zero-order valence-corrected chi connectivity index (χ0v) is 8.34. The first-order valence-electron chi connectivity index (χ1n) is 4.49. The Morgan fingerprint density at radius 3 is 2.73 bits per heavy atom. The third-order valence-electron chi connectivity index (χ3n) is 1.82. The number of nitrogens with one attached hydrogen (secondary N) is 1. The summed E-state index contributed by atoms with van der Waals surface area (Å²) in [6, 6.07) is 3.47. The highest BCUT2D eigenvalue weighted by Crippen LogP contribution is 2.12. The molecule has 3 nitrogen and oxygen atoms in total. The number of methoxy groups -OCH3 is 1. The lowest BCUT2D eigenvalue weighted by molar-refractivity contribution is 0.0727. The molecule has 0 aromatic heterocycles. The van der Waals surface area contributed by atoms with Gasteiger partial charge in [0.15, 0.2) is 11.6 Å². The minimum absolute atomic E-state index is 0.191. The van der Waals surface area contributed by atoms with Crippen LogP contribution in [0.1, 0.15) is 0 Å². The van der Waals surface area contributed by atoms with Crippen LogP contribution in [0.15, 0.2) is 18.2 Å². The van der Waals surface area contributed by atoms with Gasteiger partial charge in [-0.05, 0) is 12.1 Å². The van der Waals surface area contributed by atoms with Gasteiger partial charge in [0.2, 0.25) is 0 Å². The van der Waals surface area contributed by atoms with Crippen LogP contribution in [-0.2, 0) is 4.74 Å². The lowest BCUT2D eigenvalue weighted by atomic mass is 10.3. The van der Waals surface area contributed by atoms with Gasteiger partial charge in [-0.3, -0.25) is 0 Å². The van der Waals surface area contributed by atoms with E-state index in [1.54, 1.807) is 0 Å².